The van der Waals surface area contributed by atoms with E-state index in [1.54, 1.807) is 42.7 Å². The molecule has 2 aromatic carbocycles. The highest BCUT2D eigenvalue weighted by atomic mass is 19.4. The summed E-state index contributed by atoms with van der Waals surface area (Å²) >= 11 is 0. The lowest BCUT2D eigenvalue weighted by molar-refractivity contribution is -0.137. The number of H-pyrrole nitrogens is 1. The number of nitrogens with one attached hydrogen (secondary N) is 4. The molecule has 0 saturated heterocycles. The molecule has 0 fully saturated rings. The molecule has 0 radical (unpaired) electrons. The summed E-state index contributed by atoms with van der Waals surface area (Å²) in [6, 6.07) is 14.2. The van der Waals surface area contributed by atoms with Crippen molar-refractivity contribution in [1.82, 2.24) is 15.0 Å². The molecule has 0 bridgehead atoms. The number of carbonyl (C=O) groups is 1. The van der Waals surface area contributed by atoms with Gasteiger partial charge >= 0.3 is 12.2 Å². The quantitative estimate of drug-likeness (QED) is 0.313. The third-order valence-electron chi connectivity index (χ3n) is 4.37. The van der Waals surface area contributed by atoms with Crippen molar-refractivity contribution in [3.8, 4) is 11.3 Å². The third kappa shape index (κ3) is 5.22. The van der Waals surface area contributed by atoms with Gasteiger partial charge in [0.05, 0.1) is 11.3 Å². The molecule has 0 saturated carbocycles. The second-order valence-electron chi connectivity index (χ2n) is 6.73. The van der Waals surface area contributed by atoms with E-state index >= 15 is 0 Å². The largest absolute Gasteiger partial charge is 0.416 e. The predicted octanol–water partition coefficient (Wildman–Crippen LogP) is 5.88. The number of nitrogens with zero attached hydrogens (tertiary/aromatic N) is 2. The first-order chi connectivity index (χ1) is 15.4. The highest BCUT2D eigenvalue weighted by Crippen LogP contribution is 2.30. The van der Waals surface area contributed by atoms with Crippen molar-refractivity contribution >= 4 is 29.0 Å². The molecule has 4 aromatic rings. The van der Waals surface area contributed by atoms with Gasteiger partial charge in [0.15, 0.2) is 0 Å². The molecule has 0 spiro atoms. The number of benzene rings is 2. The van der Waals surface area contributed by atoms with Gasteiger partial charge in [-0.3, -0.25) is 0 Å². The van der Waals surface area contributed by atoms with Gasteiger partial charge in [-0.1, -0.05) is 12.1 Å². The van der Waals surface area contributed by atoms with Crippen molar-refractivity contribution in [2.45, 2.75) is 6.18 Å². The number of amides is 2. The minimum Gasteiger partial charge on any atom is -0.367 e. The summed E-state index contributed by atoms with van der Waals surface area (Å²) in [7, 11) is 0. The van der Waals surface area contributed by atoms with Crippen LogP contribution in [0.1, 0.15) is 5.56 Å². The molecule has 2 aromatic heterocycles. The number of halogens is 3. The average molecular weight is 438 g/mol. The van der Waals surface area contributed by atoms with Crippen LogP contribution < -0.4 is 16.0 Å². The van der Waals surface area contributed by atoms with Crippen LogP contribution in [0, 0.1) is 0 Å². The molecule has 0 aliphatic heterocycles. The Morgan fingerprint density at radius 3 is 2.34 bits per heavy atom. The van der Waals surface area contributed by atoms with E-state index in [1.165, 1.54) is 12.1 Å². The fourth-order valence-corrected chi connectivity index (χ4v) is 2.93. The molecular weight excluding hydrogens is 421 g/mol. The smallest absolute Gasteiger partial charge is 0.367 e. The number of aromatic nitrogens is 3. The molecule has 10 heteroatoms. The average Bonchev–Trinajstić information content (AvgIpc) is 3.29. The van der Waals surface area contributed by atoms with E-state index in [-0.39, 0.29) is 5.69 Å². The van der Waals surface area contributed by atoms with E-state index in [0.29, 0.717) is 17.3 Å². The summed E-state index contributed by atoms with van der Waals surface area (Å²) in [4.78, 5) is 23.9. The van der Waals surface area contributed by atoms with Gasteiger partial charge in [-0.15, -0.1) is 0 Å². The molecule has 2 heterocycles. The molecule has 0 aliphatic rings. The van der Waals surface area contributed by atoms with Gasteiger partial charge in [-0.25, -0.2) is 14.8 Å². The monoisotopic (exact) mass is 438 g/mol. The summed E-state index contributed by atoms with van der Waals surface area (Å²) in [5.74, 6) is 0.370. The van der Waals surface area contributed by atoms with E-state index in [0.717, 1.165) is 23.4 Å². The van der Waals surface area contributed by atoms with Crippen LogP contribution in [-0.4, -0.2) is 21.0 Å². The van der Waals surface area contributed by atoms with Gasteiger partial charge in [0.25, 0.3) is 0 Å². The van der Waals surface area contributed by atoms with Crippen LogP contribution in [0.2, 0.25) is 0 Å². The van der Waals surface area contributed by atoms with E-state index in [9.17, 15) is 18.0 Å². The topological polar surface area (TPSA) is 94.7 Å². The van der Waals surface area contributed by atoms with Crippen molar-refractivity contribution in [2.75, 3.05) is 16.0 Å². The van der Waals surface area contributed by atoms with Crippen molar-refractivity contribution in [3.63, 3.8) is 0 Å². The molecule has 4 N–H and O–H groups in total. The zero-order valence-electron chi connectivity index (χ0n) is 16.4. The van der Waals surface area contributed by atoms with Gasteiger partial charge in [-0.2, -0.15) is 13.2 Å². The maximum absolute atomic E-state index is 12.8. The first-order valence-electron chi connectivity index (χ1n) is 9.45. The Bertz CT molecular complexity index is 1220. The number of urea groups is 1. The standard InChI is InChI=1S/C22H17F3N6O/c23-22(24,25)15-3-1-4-16(11-15)29-21(32)30-18-6-2-5-17(12-18)28-20-27-10-8-19(31-20)14-7-9-26-13-14/h1-13,26H,(H,27,28,31)(H2,29,30,32). The van der Waals surface area contributed by atoms with Crippen molar-refractivity contribution in [2.24, 2.45) is 0 Å². The summed E-state index contributed by atoms with van der Waals surface area (Å²) < 4.78 is 38.5. The lowest BCUT2D eigenvalue weighted by atomic mass is 10.2. The highest BCUT2D eigenvalue weighted by molar-refractivity contribution is 6.00. The van der Waals surface area contributed by atoms with Crippen LogP contribution in [0.3, 0.4) is 0 Å². The SMILES string of the molecule is O=C(Nc1cccc(Nc2nccc(-c3cc[nH]c3)n2)c1)Nc1cccc(C(F)(F)F)c1. The van der Waals surface area contributed by atoms with Gasteiger partial charge in [0.1, 0.15) is 0 Å². The van der Waals surface area contributed by atoms with Crippen LogP contribution in [0.25, 0.3) is 11.3 Å². The number of aromatic amines is 1. The van der Waals surface area contributed by atoms with Gasteiger partial charge in [0, 0.05) is 41.2 Å². The van der Waals surface area contributed by atoms with E-state index in [2.05, 4.69) is 30.9 Å². The number of carbonyl (C=O) groups excluding carboxylic acids is 1. The molecule has 0 aliphatic carbocycles. The predicted molar refractivity (Wildman–Crippen MR) is 116 cm³/mol. The molecule has 162 valence electrons. The van der Waals surface area contributed by atoms with Crippen LogP contribution in [0.5, 0.6) is 0 Å². The van der Waals surface area contributed by atoms with Crippen LogP contribution in [-0.2, 0) is 6.18 Å². The molecule has 32 heavy (non-hydrogen) atoms. The van der Waals surface area contributed by atoms with E-state index in [4.69, 9.17) is 0 Å². The Kier molecular flexibility index (Phi) is 5.75. The summed E-state index contributed by atoms with van der Waals surface area (Å²) in [6.07, 6.45) is 0.751. The number of rotatable bonds is 5. The lowest BCUT2D eigenvalue weighted by Gasteiger charge is -2.12. The van der Waals surface area contributed by atoms with Gasteiger partial charge in [-0.05, 0) is 48.5 Å². The van der Waals surface area contributed by atoms with Crippen LogP contribution in [0.4, 0.5) is 41.0 Å². The maximum atomic E-state index is 12.8. The van der Waals surface area contributed by atoms with Crippen LogP contribution in [0.15, 0.2) is 79.3 Å². The first kappa shape index (κ1) is 20.9. The number of anilines is 4. The zero-order valence-corrected chi connectivity index (χ0v) is 16.4. The van der Waals surface area contributed by atoms with Crippen molar-refractivity contribution in [3.05, 3.63) is 84.8 Å². The minimum atomic E-state index is -4.49. The van der Waals surface area contributed by atoms with Gasteiger partial charge < -0.3 is 20.9 Å². The fourth-order valence-electron chi connectivity index (χ4n) is 2.93. The summed E-state index contributed by atoms with van der Waals surface area (Å²) in [6.45, 7) is 0. The second kappa shape index (κ2) is 8.80. The number of alkyl halides is 3. The summed E-state index contributed by atoms with van der Waals surface area (Å²) in [5.41, 5.74) is 1.88. The molecule has 0 atom stereocenters. The Morgan fingerprint density at radius 1 is 0.906 bits per heavy atom. The Balaban J connectivity index is 1.42. The molecule has 0 unspecified atom stereocenters. The fraction of sp³-hybridized carbons (Fsp3) is 0.0455. The second-order valence-corrected chi connectivity index (χ2v) is 6.73. The molecule has 2 amide bonds. The normalized spacial score (nSPS) is 11.1. The Labute approximate surface area is 180 Å². The minimum absolute atomic E-state index is 0.0292. The highest BCUT2D eigenvalue weighted by Gasteiger charge is 2.30. The van der Waals surface area contributed by atoms with E-state index < -0.39 is 17.8 Å². The Morgan fingerprint density at radius 2 is 1.62 bits per heavy atom. The molecular formula is C22H17F3N6O. The maximum Gasteiger partial charge on any atom is 0.416 e. The Hall–Kier alpha value is -4.34. The third-order valence-corrected chi connectivity index (χ3v) is 4.37. The lowest BCUT2D eigenvalue weighted by Crippen LogP contribution is -2.19. The number of hydrogen-bond donors (Lipinski definition) is 4. The first-order valence-corrected chi connectivity index (χ1v) is 9.45. The van der Waals surface area contributed by atoms with E-state index in [1.807, 2.05) is 12.3 Å². The molecule has 4 rings (SSSR count). The van der Waals surface area contributed by atoms with Gasteiger partial charge in [0.2, 0.25) is 5.95 Å². The van der Waals surface area contributed by atoms with Crippen molar-refractivity contribution in [1.29, 1.82) is 0 Å². The van der Waals surface area contributed by atoms with Crippen molar-refractivity contribution < 1.29 is 18.0 Å². The molecule has 7 nitrogen and oxygen atoms in total. The summed E-state index contributed by atoms with van der Waals surface area (Å²) in [5, 5.41) is 8.05. The van der Waals surface area contributed by atoms with Crippen LogP contribution >= 0.6 is 0 Å². The zero-order chi connectivity index (χ0) is 22.6. The number of hydrogen-bond acceptors (Lipinski definition) is 4.